The molecule has 4 heteroatoms. The van der Waals surface area contributed by atoms with Crippen molar-refractivity contribution in [2.24, 2.45) is 0 Å². The molecule has 151 valence electrons. The Hall–Kier alpha value is -2.46. The summed E-state index contributed by atoms with van der Waals surface area (Å²) in [5.74, 6) is 0.370. The molecular formula is C26H25ClN2O+. The summed E-state index contributed by atoms with van der Waals surface area (Å²) in [6.45, 7) is 3.74. The van der Waals surface area contributed by atoms with Gasteiger partial charge in [-0.1, -0.05) is 66.2 Å². The highest BCUT2D eigenvalue weighted by Crippen LogP contribution is 2.66. The summed E-state index contributed by atoms with van der Waals surface area (Å²) in [4.78, 5) is 11.9. The molecule has 3 aromatic rings. The van der Waals surface area contributed by atoms with Gasteiger partial charge in [-0.3, -0.25) is 9.28 Å². The number of hydrogen-bond donors (Lipinski definition) is 1. The van der Waals surface area contributed by atoms with Crippen molar-refractivity contribution in [3.63, 3.8) is 0 Å². The standard InChI is InChI=1S/C26H25ClN2O/c27-23-12-10-20(11-13-23)24-18-26(24,22-7-2-1-3-8-22)29(16-14-28-15-17-29)25-9-5-4-6-21(25)19-30/h1-13,24,28H,14-18H2/q+1. The number of carbonyl (C=O) groups excluding carboxylic acids is 1. The molecule has 1 heterocycles. The monoisotopic (exact) mass is 416 g/mol. The molecule has 5 rings (SSSR count). The smallest absolute Gasteiger partial charge is 0.239 e. The van der Waals surface area contributed by atoms with Gasteiger partial charge in [-0.15, -0.1) is 0 Å². The average Bonchev–Trinajstić information content (AvgIpc) is 3.58. The fourth-order valence-electron chi connectivity index (χ4n) is 5.67. The second kappa shape index (κ2) is 7.66. The number of nitrogens with zero attached hydrogens (tertiary/aromatic N) is 1. The highest BCUT2D eigenvalue weighted by molar-refractivity contribution is 6.30. The lowest BCUT2D eigenvalue weighted by atomic mass is 9.91. The SMILES string of the molecule is O=[C]c1ccccc1[N+]1(C2(c3ccccc3)CC2c2ccc(Cl)cc2)CCNCC1. The van der Waals surface area contributed by atoms with Crippen molar-refractivity contribution in [1.29, 1.82) is 0 Å². The van der Waals surface area contributed by atoms with Crippen molar-refractivity contribution in [1.82, 2.24) is 9.80 Å². The summed E-state index contributed by atoms with van der Waals surface area (Å²) in [6, 6.07) is 27.2. The maximum Gasteiger partial charge on any atom is 0.239 e. The van der Waals surface area contributed by atoms with Gasteiger partial charge in [0, 0.05) is 30.1 Å². The molecule has 0 bridgehead atoms. The molecule has 30 heavy (non-hydrogen) atoms. The fraction of sp³-hybridized carbons (Fsp3) is 0.269. The molecular weight excluding hydrogens is 392 g/mol. The summed E-state index contributed by atoms with van der Waals surface area (Å²) in [6.07, 6.45) is 3.28. The van der Waals surface area contributed by atoms with Gasteiger partial charge in [-0.2, -0.15) is 0 Å². The van der Waals surface area contributed by atoms with Crippen molar-refractivity contribution in [3.8, 4) is 0 Å². The third-order valence-corrected chi connectivity index (χ3v) is 7.31. The maximum atomic E-state index is 11.9. The highest BCUT2D eigenvalue weighted by atomic mass is 35.5. The number of hydrogen-bond acceptors (Lipinski definition) is 2. The molecule has 2 atom stereocenters. The largest absolute Gasteiger partial charge is 0.306 e. The molecule has 2 fully saturated rings. The molecule has 3 aromatic carbocycles. The van der Waals surface area contributed by atoms with Gasteiger partial charge in [0.25, 0.3) is 0 Å². The van der Waals surface area contributed by atoms with Crippen LogP contribution in [0.3, 0.4) is 0 Å². The fourth-order valence-corrected chi connectivity index (χ4v) is 5.80. The van der Waals surface area contributed by atoms with Crippen molar-refractivity contribution in [2.45, 2.75) is 17.9 Å². The van der Waals surface area contributed by atoms with Crippen LogP contribution in [-0.4, -0.2) is 32.5 Å². The minimum Gasteiger partial charge on any atom is -0.306 e. The van der Waals surface area contributed by atoms with Crippen LogP contribution in [0.4, 0.5) is 5.69 Å². The first-order valence-corrected chi connectivity index (χ1v) is 11.0. The first-order valence-electron chi connectivity index (χ1n) is 10.6. The number of quaternary nitrogens is 1. The Kier molecular flexibility index (Phi) is 4.98. The van der Waals surface area contributed by atoms with E-state index in [1.54, 1.807) is 0 Å². The minimum atomic E-state index is -0.107. The summed E-state index contributed by atoms with van der Waals surface area (Å²) in [7, 11) is 0. The Morgan fingerprint density at radius 3 is 2.27 bits per heavy atom. The Labute approximate surface area is 182 Å². The lowest BCUT2D eigenvalue weighted by Gasteiger charge is -2.49. The predicted octanol–water partition coefficient (Wildman–Crippen LogP) is 4.79. The van der Waals surface area contributed by atoms with Crippen LogP contribution in [-0.2, 0) is 10.3 Å². The van der Waals surface area contributed by atoms with Crippen molar-refractivity contribution >= 4 is 23.6 Å². The molecule has 0 spiro atoms. The zero-order valence-electron chi connectivity index (χ0n) is 16.9. The third-order valence-electron chi connectivity index (χ3n) is 7.06. The Balaban J connectivity index is 1.73. The van der Waals surface area contributed by atoms with E-state index in [4.69, 9.17) is 11.6 Å². The first-order chi connectivity index (χ1) is 14.7. The molecule has 1 aliphatic heterocycles. The number of rotatable bonds is 5. The van der Waals surface area contributed by atoms with Gasteiger partial charge in [0.05, 0.1) is 24.6 Å². The van der Waals surface area contributed by atoms with Gasteiger partial charge in [0.1, 0.15) is 11.2 Å². The van der Waals surface area contributed by atoms with Crippen LogP contribution < -0.4 is 9.80 Å². The molecule has 1 saturated heterocycles. The Morgan fingerprint density at radius 1 is 0.900 bits per heavy atom. The molecule has 2 unspecified atom stereocenters. The summed E-state index contributed by atoms with van der Waals surface area (Å²) < 4.78 is 0.780. The number of nitrogens with one attached hydrogen (secondary N) is 1. The molecule has 0 amide bonds. The van der Waals surface area contributed by atoms with Crippen LogP contribution in [0.2, 0.25) is 5.02 Å². The summed E-state index contributed by atoms with van der Waals surface area (Å²) >= 11 is 6.18. The van der Waals surface area contributed by atoms with Gasteiger partial charge in [-0.05, 0) is 29.8 Å². The first kappa shape index (κ1) is 19.5. The highest BCUT2D eigenvalue weighted by Gasteiger charge is 2.70. The minimum absolute atomic E-state index is 0.107. The third kappa shape index (κ3) is 2.92. The molecule has 3 nitrogen and oxygen atoms in total. The zero-order chi connectivity index (χ0) is 20.6. The second-order valence-corrected chi connectivity index (χ2v) is 8.82. The lowest BCUT2D eigenvalue weighted by Crippen LogP contribution is -2.66. The maximum absolute atomic E-state index is 11.9. The van der Waals surface area contributed by atoms with E-state index in [9.17, 15) is 4.79 Å². The molecule has 1 saturated carbocycles. The number of piperazine rings is 1. The lowest BCUT2D eigenvalue weighted by molar-refractivity contribution is 0.152. The van der Waals surface area contributed by atoms with Crippen molar-refractivity contribution < 1.29 is 4.79 Å². The van der Waals surface area contributed by atoms with Crippen LogP contribution in [0.25, 0.3) is 0 Å². The van der Waals surface area contributed by atoms with E-state index < -0.39 is 0 Å². The van der Waals surface area contributed by atoms with Gasteiger partial charge in [-0.25, -0.2) is 0 Å². The van der Waals surface area contributed by atoms with E-state index in [0.29, 0.717) is 11.5 Å². The van der Waals surface area contributed by atoms with Crippen LogP contribution in [0.15, 0.2) is 78.9 Å². The van der Waals surface area contributed by atoms with Crippen molar-refractivity contribution in [3.05, 3.63) is 101 Å². The number of halogens is 1. The van der Waals surface area contributed by atoms with E-state index in [2.05, 4.69) is 66.2 Å². The normalized spacial score (nSPS) is 24.9. The molecule has 2 aliphatic rings. The van der Waals surface area contributed by atoms with Gasteiger partial charge >= 0.3 is 0 Å². The van der Waals surface area contributed by atoms with Crippen LogP contribution in [0, 0.1) is 0 Å². The average molecular weight is 417 g/mol. The van der Waals surface area contributed by atoms with E-state index >= 15 is 0 Å². The van der Waals surface area contributed by atoms with Gasteiger partial charge in [0.15, 0.2) is 0 Å². The zero-order valence-corrected chi connectivity index (χ0v) is 17.6. The van der Waals surface area contributed by atoms with E-state index in [0.717, 1.165) is 47.8 Å². The topological polar surface area (TPSA) is 29.1 Å². The van der Waals surface area contributed by atoms with E-state index in [1.165, 1.54) is 11.1 Å². The van der Waals surface area contributed by atoms with E-state index in [-0.39, 0.29) is 5.54 Å². The Bertz CT molecular complexity index is 1040. The summed E-state index contributed by atoms with van der Waals surface area (Å²) in [5, 5.41) is 4.29. The second-order valence-electron chi connectivity index (χ2n) is 8.38. The van der Waals surface area contributed by atoms with Crippen LogP contribution in [0.1, 0.15) is 29.0 Å². The predicted molar refractivity (Wildman–Crippen MR) is 123 cm³/mol. The quantitative estimate of drug-likeness (QED) is 0.606. The molecule has 1 radical (unpaired) electrons. The number of benzene rings is 3. The van der Waals surface area contributed by atoms with Gasteiger partial charge in [0.2, 0.25) is 6.29 Å². The van der Waals surface area contributed by atoms with Crippen LogP contribution in [0.5, 0.6) is 0 Å². The van der Waals surface area contributed by atoms with E-state index in [1.807, 2.05) is 24.3 Å². The number of para-hydroxylation sites is 1. The molecule has 0 aromatic heterocycles. The summed E-state index contributed by atoms with van der Waals surface area (Å²) in [5.41, 5.74) is 4.31. The molecule has 1 N–H and O–H groups in total. The molecule has 1 aliphatic carbocycles. The van der Waals surface area contributed by atoms with Crippen molar-refractivity contribution in [2.75, 3.05) is 26.2 Å². The van der Waals surface area contributed by atoms with Crippen LogP contribution >= 0.6 is 11.6 Å². The Morgan fingerprint density at radius 2 is 1.57 bits per heavy atom. The van der Waals surface area contributed by atoms with Gasteiger partial charge < -0.3 is 5.32 Å².